The Morgan fingerprint density at radius 1 is 0.647 bits per heavy atom. The van der Waals surface area contributed by atoms with Gasteiger partial charge in [0, 0.05) is 5.39 Å². The van der Waals surface area contributed by atoms with Crippen molar-refractivity contribution >= 4 is 41.8 Å². The molecule has 0 amide bonds. The summed E-state index contributed by atoms with van der Waals surface area (Å²) in [4.78, 5) is 0. The van der Waals surface area contributed by atoms with Gasteiger partial charge in [-0.1, -0.05) is 79.7 Å². The quantitative estimate of drug-likeness (QED) is 0.186. The van der Waals surface area contributed by atoms with Gasteiger partial charge < -0.3 is 0 Å². The van der Waals surface area contributed by atoms with Crippen LogP contribution in [0, 0.1) is 0 Å². The number of fused-ring (bicyclic) bond motifs is 3. The van der Waals surface area contributed by atoms with Crippen LogP contribution in [0.4, 0.5) is 25.2 Å². The fourth-order valence-corrected chi connectivity index (χ4v) is 9.82. The van der Waals surface area contributed by atoms with Crippen molar-refractivity contribution in [1.82, 2.24) is 0 Å². The van der Waals surface area contributed by atoms with E-state index in [0.717, 1.165) is 0 Å². The average molecular weight is 512 g/mol. The summed E-state index contributed by atoms with van der Waals surface area (Å²) in [5.41, 5.74) is 1.56. The fourth-order valence-electron chi connectivity index (χ4n) is 4.78. The van der Waals surface area contributed by atoms with Crippen LogP contribution in [0.5, 0.6) is 0 Å². The van der Waals surface area contributed by atoms with E-state index in [4.69, 9.17) is 0 Å². The van der Waals surface area contributed by atoms with Gasteiger partial charge in [-0.05, 0) is 47.6 Å². The Morgan fingerprint density at radius 2 is 1.12 bits per heavy atom. The molecule has 1 heterocycles. The van der Waals surface area contributed by atoms with Crippen molar-refractivity contribution in [3.63, 3.8) is 0 Å². The Kier molecular flexibility index (Phi) is 5.86. The van der Waals surface area contributed by atoms with Crippen molar-refractivity contribution in [3.05, 3.63) is 103 Å². The van der Waals surface area contributed by atoms with Gasteiger partial charge in [-0.15, -0.1) is 0 Å². The average Bonchev–Trinajstić information content (AvgIpc) is 2.78. The third kappa shape index (κ3) is 5.62. The van der Waals surface area contributed by atoms with E-state index in [-0.39, 0.29) is 0 Å². The fraction of sp³-hybridized carbons (Fsp3) is 0.154. The van der Waals surface area contributed by atoms with Gasteiger partial charge in [-0.3, -0.25) is 0 Å². The number of halogens is 6. The van der Waals surface area contributed by atoms with E-state index in [1.807, 2.05) is 0 Å². The van der Waals surface area contributed by atoms with Crippen molar-refractivity contribution in [2.24, 2.45) is 0 Å². The summed E-state index contributed by atoms with van der Waals surface area (Å²) in [6.45, 7) is 2.40. The zero-order valence-corrected chi connectivity index (χ0v) is 20.2. The monoisotopic (exact) mass is 512 g/mol. The summed E-state index contributed by atoms with van der Waals surface area (Å²) >= 11 is 0. The Labute approximate surface area is 195 Å². The van der Waals surface area contributed by atoms with Crippen LogP contribution in [0.25, 0.3) is 10.8 Å². The number of benzene rings is 4. The van der Waals surface area contributed by atoms with Gasteiger partial charge in [0.05, 0.1) is 6.16 Å². The maximum atomic E-state index is 9.87. The molecule has 0 nitrogen and oxygen atoms in total. The summed E-state index contributed by atoms with van der Waals surface area (Å²) in [5, 5.41) is 7.46. The van der Waals surface area contributed by atoms with Crippen LogP contribution in [-0.2, 0) is 0 Å². The topological polar surface area (TPSA) is 0 Å². The molecule has 0 radical (unpaired) electrons. The molecule has 1 atom stereocenters. The molecule has 1 unspecified atom stereocenters. The third-order valence-electron chi connectivity index (χ3n) is 6.14. The predicted molar refractivity (Wildman–Crippen MR) is 134 cm³/mol. The van der Waals surface area contributed by atoms with Gasteiger partial charge in [-0.2, -0.15) is 0 Å². The summed E-state index contributed by atoms with van der Waals surface area (Å²) in [6.07, 6.45) is 2.51. The molecule has 1 aliphatic rings. The second-order valence-corrected chi connectivity index (χ2v) is 14.0. The zero-order valence-electron chi connectivity index (χ0n) is 18.4. The molecule has 180 valence electrons. The van der Waals surface area contributed by atoms with Crippen molar-refractivity contribution in [2.75, 3.05) is 6.16 Å². The second kappa shape index (κ2) is 8.07. The van der Waals surface area contributed by atoms with Crippen molar-refractivity contribution in [1.29, 1.82) is 0 Å². The van der Waals surface area contributed by atoms with Crippen LogP contribution in [0.3, 0.4) is 0 Å². The van der Waals surface area contributed by atoms with E-state index in [0.29, 0.717) is 5.92 Å². The number of hydrogen-bond acceptors (Lipinski definition) is 0. The SMILES string of the molecule is CC1CC[P+](c2ccccc2)(c2ccccc2)c2c1ccc1ccccc21.F[P-](F)(F)(F)(F)F. The molecule has 1 aliphatic heterocycles. The van der Waals surface area contributed by atoms with Gasteiger partial charge in [0.15, 0.2) is 0 Å². The molecule has 34 heavy (non-hydrogen) atoms. The molecule has 0 aromatic heterocycles. The first-order valence-electron chi connectivity index (χ1n) is 10.8. The molecule has 5 rings (SSSR count). The molecular formula is C26H24F6P2. The van der Waals surface area contributed by atoms with Crippen LogP contribution in [0.1, 0.15) is 24.8 Å². The van der Waals surface area contributed by atoms with Crippen LogP contribution >= 0.6 is 15.1 Å². The Bertz CT molecular complexity index is 1250. The molecule has 4 aromatic rings. The molecule has 0 spiro atoms. The molecule has 8 heteroatoms. The van der Waals surface area contributed by atoms with E-state index in [1.165, 1.54) is 34.0 Å². The van der Waals surface area contributed by atoms with E-state index in [2.05, 4.69) is 104 Å². The van der Waals surface area contributed by atoms with Gasteiger partial charge in [0.2, 0.25) is 0 Å². The van der Waals surface area contributed by atoms with E-state index in [1.54, 1.807) is 10.9 Å². The van der Waals surface area contributed by atoms with Crippen LogP contribution in [0.2, 0.25) is 0 Å². The van der Waals surface area contributed by atoms with Crippen molar-refractivity contribution in [2.45, 2.75) is 19.3 Å². The molecule has 0 saturated carbocycles. The van der Waals surface area contributed by atoms with Crippen molar-refractivity contribution < 1.29 is 25.2 Å². The van der Waals surface area contributed by atoms with E-state index in [9.17, 15) is 25.2 Å². The predicted octanol–water partition coefficient (Wildman–Crippen LogP) is 9.02. The molecule has 4 aromatic carbocycles. The molecule has 0 aliphatic carbocycles. The normalized spacial score (nSPS) is 19.2. The van der Waals surface area contributed by atoms with E-state index < -0.39 is 15.1 Å². The first kappa shape index (κ1) is 24.7. The maximum absolute atomic E-state index is 10.7. The van der Waals surface area contributed by atoms with E-state index >= 15 is 0 Å². The summed E-state index contributed by atoms with van der Waals surface area (Å²) < 4.78 is 59.2. The van der Waals surface area contributed by atoms with Gasteiger partial charge in [0.1, 0.15) is 23.2 Å². The Balaban J connectivity index is 0.000000344. The molecule has 0 fully saturated rings. The third-order valence-corrected chi connectivity index (χ3v) is 10.7. The Hall–Kier alpha value is -2.42. The first-order chi connectivity index (χ1) is 15.8. The first-order valence-corrected chi connectivity index (χ1v) is 14.8. The minimum atomic E-state index is -10.7. The van der Waals surface area contributed by atoms with Crippen LogP contribution in [-0.4, -0.2) is 6.16 Å². The summed E-state index contributed by atoms with van der Waals surface area (Å²) in [6, 6.07) is 36.3. The van der Waals surface area contributed by atoms with Crippen LogP contribution in [0.15, 0.2) is 97.1 Å². The van der Waals surface area contributed by atoms with Gasteiger partial charge >= 0.3 is 33.0 Å². The second-order valence-electron chi connectivity index (χ2n) is 8.58. The van der Waals surface area contributed by atoms with Crippen molar-refractivity contribution in [3.8, 4) is 0 Å². The standard InChI is InChI=1S/C26H24P.F6P/c1-20-18-19-27(22-11-4-2-5-12-22,23-13-6-3-7-14-23)26-24(20)17-16-21-10-8-9-15-25(21)26;1-7(2,3,4,5)6/h2-17,20H,18-19H2,1H3;/q+1;-1. The summed E-state index contributed by atoms with van der Waals surface area (Å²) in [5.74, 6) is 0.616. The van der Waals surface area contributed by atoms with Crippen LogP contribution < -0.4 is 15.9 Å². The molecule has 0 N–H and O–H groups in total. The van der Waals surface area contributed by atoms with Gasteiger partial charge in [-0.25, -0.2) is 0 Å². The number of rotatable bonds is 2. The zero-order chi connectivity index (χ0) is 24.7. The minimum absolute atomic E-state index is 0.616. The molecule has 0 saturated heterocycles. The van der Waals surface area contributed by atoms with Gasteiger partial charge in [0.25, 0.3) is 0 Å². The molecular weight excluding hydrogens is 488 g/mol. The Morgan fingerprint density at radius 3 is 1.65 bits per heavy atom. The number of hydrogen-bond donors (Lipinski definition) is 0. The summed E-state index contributed by atoms with van der Waals surface area (Å²) in [7, 11) is -12.3. The molecule has 0 bridgehead atoms.